The Balaban J connectivity index is 2.50. The molecule has 0 bridgehead atoms. The van der Waals surface area contributed by atoms with E-state index in [4.69, 9.17) is 0 Å². The minimum atomic E-state index is -0.000255. The lowest BCUT2D eigenvalue weighted by Crippen LogP contribution is -2.34. The Hall–Kier alpha value is 0.130. The maximum Gasteiger partial charge on any atom is 0.261 e. The third-order valence-electron chi connectivity index (χ3n) is 1.89. The Morgan fingerprint density at radius 1 is 1.53 bits per heavy atom. The molecule has 0 radical (unpaired) electrons. The topological polar surface area (TPSA) is 29.1 Å². The van der Waals surface area contributed by atoms with Crippen molar-refractivity contribution in [1.29, 1.82) is 0 Å². The van der Waals surface area contributed by atoms with Gasteiger partial charge in [-0.2, -0.15) is 0 Å². The second kappa shape index (κ2) is 5.46. The standard InChI is InChI=1S/C10H13Br2NOS/c1-10(2,5-11)6-13-9(14)7-3-4-8(12)15-7/h3-4H,5-6H2,1-2H3,(H,13,14). The first kappa shape index (κ1) is 13.2. The third kappa shape index (κ3) is 4.25. The maximum atomic E-state index is 11.7. The van der Waals surface area contributed by atoms with Crippen LogP contribution in [0.2, 0.25) is 0 Å². The van der Waals surface area contributed by atoms with Gasteiger partial charge in [0.25, 0.3) is 5.91 Å². The van der Waals surface area contributed by atoms with Crippen molar-refractivity contribution in [3.63, 3.8) is 0 Å². The van der Waals surface area contributed by atoms with Gasteiger partial charge in [0.15, 0.2) is 0 Å². The molecule has 1 N–H and O–H groups in total. The smallest absolute Gasteiger partial charge is 0.261 e. The molecule has 1 heterocycles. The molecule has 1 rings (SSSR count). The number of hydrogen-bond acceptors (Lipinski definition) is 2. The SMILES string of the molecule is CC(C)(CBr)CNC(=O)c1ccc(Br)s1. The molecule has 5 heteroatoms. The number of halogens is 2. The Morgan fingerprint density at radius 3 is 2.67 bits per heavy atom. The molecular formula is C10H13Br2NOS. The molecule has 0 aromatic carbocycles. The van der Waals surface area contributed by atoms with Gasteiger partial charge >= 0.3 is 0 Å². The number of carbonyl (C=O) groups excluding carboxylic acids is 1. The largest absolute Gasteiger partial charge is 0.351 e. The van der Waals surface area contributed by atoms with Crippen LogP contribution in [-0.2, 0) is 0 Å². The highest BCUT2D eigenvalue weighted by molar-refractivity contribution is 9.11. The molecule has 1 aromatic heterocycles. The van der Waals surface area contributed by atoms with Crippen LogP contribution < -0.4 is 5.32 Å². The molecule has 0 unspecified atom stereocenters. The van der Waals surface area contributed by atoms with Crippen molar-refractivity contribution in [1.82, 2.24) is 5.32 Å². The van der Waals surface area contributed by atoms with Crippen LogP contribution in [0.5, 0.6) is 0 Å². The lowest BCUT2D eigenvalue weighted by Gasteiger charge is -2.21. The zero-order chi connectivity index (χ0) is 11.5. The summed E-state index contributed by atoms with van der Waals surface area (Å²) >= 11 is 8.21. The molecule has 1 aromatic rings. The summed E-state index contributed by atoms with van der Waals surface area (Å²) in [6, 6.07) is 3.71. The van der Waals surface area contributed by atoms with Crippen molar-refractivity contribution in [3.05, 3.63) is 20.8 Å². The van der Waals surface area contributed by atoms with E-state index < -0.39 is 0 Å². The van der Waals surface area contributed by atoms with Crippen molar-refractivity contribution in [2.75, 3.05) is 11.9 Å². The van der Waals surface area contributed by atoms with E-state index in [0.29, 0.717) is 6.54 Å². The lowest BCUT2D eigenvalue weighted by molar-refractivity contribution is 0.0944. The van der Waals surface area contributed by atoms with Crippen LogP contribution in [-0.4, -0.2) is 17.8 Å². The van der Waals surface area contributed by atoms with E-state index in [1.54, 1.807) is 0 Å². The Bertz CT molecular complexity index is 349. The van der Waals surface area contributed by atoms with E-state index >= 15 is 0 Å². The number of carbonyl (C=O) groups is 1. The Morgan fingerprint density at radius 2 is 2.20 bits per heavy atom. The van der Waals surface area contributed by atoms with Crippen molar-refractivity contribution >= 4 is 49.1 Å². The molecule has 0 saturated heterocycles. The lowest BCUT2D eigenvalue weighted by atomic mass is 9.97. The summed E-state index contributed by atoms with van der Waals surface area (Å²) in [5, 5.41) is 3.79. The summed E-state index contributed by atoms with van der Waals surface area (Å²) in [4.78, 5) is 12.4. The number of hydrogen-bond donors (Lipinski definition) is 1. The van der Waals surface area contributed by atoms with Crippen LogP contribution >= 0.6 is 43.2 Å². The molecule has 0 atom stereocenters. The van der Waals surface area contributed by atoms with Crippen LogP contribution in [0.25, 0.3) is 0 Å². The highest BCUT2D eigenvalue weighted by atomic mass is 79.9. The highest BCUT2D eigenvalue weighted by Crippen LogP contribution is 2.22. The molecule has 1 amide bonds. The van der Waals surface area contributed by atoms with Gasteiger partial charge in [0.1, 0.15) is 0 Å². The summed E-state index contributed by atoms with van der Waals surface area (Å²) in [6.07, 6.45) is 0. The monoisotopic (exact) mass is 353 g/mol. The molecule has 0 aliphatic heterocycles. The summed E-state index contributed by atoms with van der Waals surface area (Å²) in [6.45, 7) is 4.88. The van der Waals surface area contributed by atoms with E-state index in [1.165, 1.54) is 11.3 Å². The van der Waals surface area contributed by atoms with Gasteiger partial charge < -0.3 is 5.32 Å². The fourth-order valence-electron chi connectivity index (χ4n) is 0.890. The quantitative estimate of drug-likeness (QED) is 0.821. The van der Waals surface area contributed by atoms with Gasteiger partial charge in [-0.1, -0.05) is 29.8 Å². The normalized spacial score (nSPS) is 11.5. The fourth-order valence-corrected chi connectivity index (χ4v) is 2.39. The number of nitrogens with one attached hydrogen (secondary N) is 1. The average molecular weight is 355 g/mol. The van der Waals surface area contributed by atoms with Gasteiger partial charge in [-0.15, -0.1) is 11.3 Å². The first-order valence-corrected chi connectivity index (χ1v) is 7.27. The van der Waals surface area contributed by atoms with E-state index in [9.17, 15) is 4.79 Å². The van der Waals surface area contributed by atoms with Crippen LogP contribution in [0, 0.1) is 5.41 Å². The second-order valence-corrected chi connectivity index (χ2v) is 7.11. The number of thiophene rings is 1. The minimum Gasteiger partial charge on any atom is -0.351 e. The van der Waals surface area contributed by atoms with Crippen molar-refractivity contribution < 1.29 is 4.79 Å². The van der Waals surface area contributed by atoms with Gasteiger partial charge in [0, 0.05) is 11.9 Å². The van der Waals surface area contributed by atoms with Crippen molar-refractivity contribution in [2.45, 2.75) is 13.8 Å². The first-order chi connectivity index (χ1) is 6.94. The molecule has 0 aliphatic carbocycles. The Kier molecular flexibility index (Phi) is 4.80. The number of alkyl halides is 1. The molecule has 0 fully saturated rings. The summed E-state index contributed by atoms with van der Waals surface area (Å²) in [5.41, 5.74) is 0.0875. The molecule has 2 nitrogen and oxygen atoms in total. The summed E-state index contributed by atoms with van der Waals surface area (Å²) < 4.78 is 0.979. The van der Waals surface area contributed by atoms with Gasteiger partial charge in [-0.25, -0.2) is 0 Å². The molecule has 84 valence electrons. The van der Waals surface area contributed by atoms with E-state index in [1.807, 2.05) is 12.1 Å². The summed E-state index contributed by atoms with van der Waals surface area (Å²) in [7, 11) is 0. The first-order valence-electron chi connectivity index (χ1n) is 4.54. The Labute approximate surface area is 111 Å². The number of amides is 1. The number of rotatable bonds is 4. The van der Waals surface area contributed by atoms with E-state index in [2.05, 4.69) is 51.0 Å². The van der Waals surface area contributed by atoms with Crippen LogP contribution in [0.1, 0.15) is 23.5 Å². The predicted octanol–water partition coefficient (Wildman–Crippen LogP) is 3.66. The highest BCUT2D eigenvalue weighted by Gasteiger charge is 2.18. The van der Waals surface area contributed by atoms with Gasteiger partial charge in [0.2, 0.25) is 0 Å². The molecule has 0 saturated carbocycles. The molecule has 15 heavy (non-hydrogen) atoms. The molecule has 0 spiro atoms. The second-order valence-electron chi connectivity index (χ2n) is 4.08. The predicted molar refractivity (Wildman–Crippen MR) is 71.9 cm³/mol. The third-order valence-corrected chi connectivity index (χ3v) is 5.03. The summed E-state index contributed by atoms with van der Waals surface area (Å²) in [5.74, 6) is -0.000255. The van der Waals surface area contributed by atoms with Crippen LogP contribution in [0.15, 0.2) is 15.9 Å². The van der Waals surface area contributed by atoms with Gasteiger partial charge in [-0.05, 0) is 33.5 Å². The average Bonchev–Trinajstić information content (AvgIpc) is 2.61. The fraction of sp³-hybridized carbons (Fsp3) is 0.500. The van der Waals surface area contributed by atoms with Crippen LogP contribution in [0.3, 0.4) is 0 Å². The van der Waals surface area contributed by atoms with Gasteiger partial charge in [0.05, 0.1) is 8.66 Å². The van der Waals surface area contributed by atoms with Crippen molar-refractivity contribution in [2.24, 2.45) is 5.41 Å². The molecule has 0 aliphatic rings. The zero-order valence-electron chi connectivity index (χ0n) is 8.64. The molecular weight excluding hydrogens is 342 g/mol. The van der Waals surface area contributed by atoms with Gasteiger partial charge in [-0.3, -0.25) is 4.79 Å². The van der Waals surface area contributed by atoms with E-state index in [-0.39, 0.29) is 11.3 Å². The maximum absolute atomic E-state index is 11.7. The van der Waals surface area contributed by atoms with Crippen LogP contribution in [0.4, 0.5) is 0 Å². The van der Waals surface area contributed by atoms with Crippen molar-refractivity contribution in [3.8, 4) is 0 Å². The zero-order valence-corrected chi connectivity index (χ0v) is 12.6. The minimum absolute atomic E-state index is 0.000255. The van der Waals surface area contributed by atoms with E-state index in [0.717, 1.165) is 14.0 Å².